The summed E-state index contributed by atoms with van der Waals surface area (Å²) >= 11 is 5.59. The van der Waals surface area contributed by atoms with Gasteiger partial charge in [-0.15, -0.1) is 11.6 Å². The number of pyridine rings is 1. The molecule has 0 aliphatic rings. The first-order valence-corrected chi connectivity index (χ1v) is 8.86. The van der Waals surface area contributed by atoms with Gasteiger partial charge in [-0.05, 0) is 20.8 Å². The number of halogens is 2. The highest BCUT2D eigenvalue weighted by Crippen LogP contribution is 2.24. The van der Waals surface area contributed by atoms with Crippen molar-refractivity contribution in [3.63, 3.8) is 0 Å². The molecule has 0 fully saturated rings. The predicted molar refractivity (Wildman–Crippen MR) is 83.4 cm³/mol. The van der Waals surface area contributed by atoms with Crippen molar-refractivity contribution in [2.75, 3.05) is 17.5 Å². The third-order valence-electron chi connectivity index (χ3n) is 2.25. The highest BCUT2D eigenvalue weighted by Gasteiger charge is 2.23. The second-order valence-electron chi connectivity index (χ2n) is 5.66. The third-order valence-corrected chi connectivity index (χ3v) is 3.11. The Morgan fingerprint density at radius 1 is 1.48 bits per heavy atom. The Labute approximate surface area is 139 Å². The molecule has 1 amide bonds. The summed E-state index contributed by atoms with van der Waals surface area (Å²) in [6, 6.07) is 0.970. The number of rotatable bonds is 5. The number of hydrogen-bond acceptors (Lipinski definition) is 6. The van der Waals surface area contributed by atoms with E-state index in [4.69, 9.17) is 16.3 Å². The number of ether oxygens (including phenoxy) is 1. The summed E-state index contributed by atoms with van der Waals surface area (Å²) in [7, 11) is -3.83. The lowest BCUT2D eigenvalue weighted by atomic mass is 10.2. The number of nitrogens with zero attached hydrogens (tertiary/aromatic N) is 1. The molecule has 0 saturated heterocycles. The van der Waals surface area contributed by atoms with Gasteiger partial charge in [-0.1, -0.05) is 0 Å². The zero-order valence-electron chi connectivity index (χ0n) is 13.1. The predicted octanol–water partition coefficient (Wildman–Crippen LogP) is 2.82. The van der Waals surface area contributed by atoms with Gasteiger partial charge in [0.1, 0.15) is 23.2 Å². The zero-order valence-corrected chi connectivity index (χ0v) is 14.7. The van der Waals surface area contributed by atoms with E-state index in [1.807, 2.05) is 0 Å². The molecular weight excluding hydrogens is 351 g/mol. The number of anilines is 1. The van der Waals surface area contributed by atoms with Crippen molar-refractivity contribution in [2.24, 2.45) is 0 Å². The van der Waals surface area contributed by atoms with Crippen LogP contribution in [0.4, 0.5) is 14.9 Å². The first-order valence-electron chi connectivity index (χ1n) is 6.51. The molecule has 1 aromatic rings. The van der Waals surface area contributed by atoms with Crippen LogP contribution in [0.25, 0.3) is 0 Å². The maximum absolute atomic E-state index is 14.1. The minimum atomic E-state index is -3.83. The van der Waals surface area contributed by atoms with E-state index < -0.39 is 33.7 Å². The molecule has 130 valence electrons. The Balaban J connectivity index is 2.91. The molecule has 1 rings (SSSR count). The second-order valence-corrected chi connectivity index (χ2v) is 7.57. The summed E-state index contributed by atoms with van der Waals surface area (Å²) in [6.45, 7) is 5.05. The Kier molecular flexibility index (Phi) is 6.32. The van der Waals surface area contributed by atoms with Gasteiger partial charge in [-0.25, -0.2) is 9.18 Å². The molecule has 1 unspecified atom stereocenters. The van der Waals surface area contributed by atoms with Crippen LogP contribution in [-0.2, 0) is 19.0 Å². The van der Waals surface area contributed by atoms with E-state index in [0.29, 0.717) is 0 Å². The summed E-state index contributed by atoms with van der Waals surface area (Å²) in [5, 5.41) is 2.32. The van der Waals surface area contributed by atoms with Crippen LogP contribution in [0.15, 0.2) is 12.3 Å². The number of carbonyl (C=O) groups is 1. The van der Waals surface area contributed by atoms with Gasteiger partial charge in [0.15, 0.2) is 0 Å². The van der Waals surface area contributed by atoms with Crippen molar-refractivity contribution in [3.05, 3.63) is 23.8 Å². The number of amides is 1. The third kappa shape index (κ3) is 7.10. The molecule has 0 aliphatic heterocycles. The number of alkyl halides is 1. The Morgan fingerprint density at radius 2 is 2.09 bits per heavy atom. The fraction of sp³-hybridized carbons (Fsp3) is 0.538. The van der Waals surface area contributed by atoms with Gasteiger partial charge >= 0.3 is 6.09 Å². The highest BCUT2D eigenvalue weighted by atomic mass is 35.5. The van der Waals surface area contributed by atoms with Crippen LogP contribution in [0.2, 0.25) is 0 Å². The van der Waals surface area contributed by atoms with Gasteiger partial charge < -0.3 is 4.74 Å². The van der Waals surface area contributed by atoms with Crippen LogP contribution in [0, 0.1) is 5.82 Å². The lowest BCUT2D eigenvalue weighted by molar-refractivity contribution is 0.0636. The summed E-state index contributed by atoms with van der Waals surface area (Å²) in [5.41, 5.74) is -0.934. The molecule has 0 bridgehead atoms. The van der Waals surface area contributed by atoms with Gasteiger partial charge in [-0.3, -0.25) is 14.5 Å². The monoisotopic (exact) mass is 368 g/mol. The van der Waals surface area contributed by atoms with Crippen LogP contribution < -0.4 is 5.32 Å². The average molecular weight is 369 g/mol. The van der Waals surface area contributed by atoms with Gasteiger partial charge in [0.25, 0.3) is 10.1 Å². The van der Waals surface area contributed by atoms with E-state index in [1.54, 1.807) is 20.8 Å². The van der Waals surface area contributed by atoms with E-state index in [1.165, 1.54) is 0 Å². The van der Waals surface area contributed by atoms with Crippen molar-refractivity contribution in [3.8, 4) is 0 Å². The smallest absolute Gasteiger partial charge is 0.412 e. The SMILES string of the molecule is CC(C)(C)OC(=O)Nc1cnc(C(CCl)OS(C)(=O)=O)c(F)c1. The zero-order chi connectivity index (χ0) is 17.8. The van der Waals surface area contributed by atoms with E-state index >= 15 is 0 Å². The largest absolute Gasteiger partial charge is 0.444 e. The van der Waals surface area contributed by atoms with Crippen molar-refractivity contribution >= 4 is 33.5 Å². The molecule has 0 radical (unpaired) electrons. The lowest BCUT2D eigenvalue weighted by Crippen LogP contribution is -2.27. The maximum Gasteiger partial charge on any atom is 0.412 e. The first-order chi connectivity index (χ1) is 10.4. The highest BCUT2D eigenvalue weighted by molar-refractivity contribution is 7.86. The Hall–Kier alpha value is -1.45. The molecule has 1 N–H and O–H groups in total. The molecule has 1 aromatic heterocycles. The van der Waals surface area contributed by atoms with E-state index in [-0.39, 0.29) is 17.3 Å². The minimum absolute atomic E-state index is 0.0492. The summed E-state index contributed by atoms with van der Waals surface area (Å²) in [6.07, 6.45) is -0.0638. The lowest BCUT2D eigenvalue weighted by Gasteiger charge is -2.20. The Morgan fingerprint density at radius 3 is 2.52 bits per heavy atom. The molecular formula is C13H18ClFN2O5S. The average Bonchev–Trinajstić information content (AvgIpc) is 2.33. The van der Waals surface area contributed by atoms with E-state index in [9.17, 15) is 17.6 Å². The molecule has 0 saturated carbocycles. The second kappa shape index (κ2) is 7.41. The Bertz CT molecular complexity index is 675. The summed E-state index contributed by atoms with van der Waals surface area (Å²) < 4.78 is 46.0. The summed E-state index contributed by atoms with van der Waals surface area (Å²) in [5.74, 6) is -1.18. The quantitative estimate of drug-likeness (QED) is 0.634. The van der Waals surface area contributed by atoms with Crippen LogP contribution >= 0.6 is 11.6 Å². The maximum atomic E-state index is 14.1. The summed E-state index contributed by atoms with van der Waals surface area (Å²) in [4.78, 5) is 15.4. The van der Waals surface area contributed by atoms with Crippen LogP contribution in [0.3, 0.4) is 0 Å². The molecule has 0 aliphatic carbocycles. The van der Waals surface area contributed by atoms with Gasteiger partial charge in [-0.2, -0.15) is 8.42 Å². The van der Waals surface area contributed by atoms with Crippen LogP contribution in [0.5, 0.6) is 0 Å². The fourth-order valence-electron chi connectivity index (χ4n) is 1.53. The number of carbonyl (C=O) groups excluding carboxylic acids is 1. The number of hydrogen-bond donors (Lipinski definition) is 1. The standard InChI is InChI=1S/C13H18ClFN2O5S/c1-13(2,3)21-12(18)17-8-5-9(15)11(16-7-8)10(6-14)22-23(4,19)20/h5,7,10H,6H2,1-4H3,(H,17,18). The number of aromatic nitrogens is 1. The molecule has 23 heavy (non-hydrogen) atoms. The van der Waals surface area contributed by atoms with E-state index in [0.717, 1.165) is 18.5 Å². The molecule has 10 heteroatoms. The van der Waals surface area contributed by atoms with E-state index in [2.05, 4.69) is 14.5 Å². The molecule has 0 spiro atoms. The molecule has 0 aromatic carbocycles. The van der Waals surface area contributed by atoms with Crippen LogP contribution in [0.1, 0.15) is 32.6 Å². The molecule has 1 heterocycles. The van der Waals surface area contributed by atoms with Gasteiger partial charge in [0, 0.05) is 6.07 Å². The minimum Gasteiger partial charge on any atom is -0.444 e. The topological polar surface area (TPSA) is 94.6 Å². The van der Waals surface area contributed by atoms with Gasteiger partial charge in [0.2, 0.25) is 0 Å². The van der Waals surface area contributed by atoms with Crippen molar-refractivity contribution in [1.29, 1.82) is 0 Å². The van der Waals surface area contributed by atoms with Crippen molar-refractivity contribution in [1.82, 2.24) is 4.98 Å². The van der Waals surface area contributed by atoms with Crippen molar-refractivity contribution < 1.29 is 26.5 Å². The van der Waals surface area contributed by atoms with Crippen molar-refractivity contribution in [2.45, 2.75) is 32.5 Å². The first kappa shape index (κ1) is 19.6. The normalized spacial score (nSPS) is 13.5. The molecule has 7 nitrogen and oxygen atoms in total. The molecule has 1 atom stereocenters. The van der Waals surface area contributed by atoms with Crippen LogP contribution in [-0.4, -0.2) is 37.2 Å². The van der Waals surface area contributed by atoms with Gasteiger partial charge in [0.05, 0.1) is 24.0 Å². The number of nitrogens with one attached hydrogen (secondary N) is 1. The fourth-order valence-corrected chi connectivity index (χ4v) is 2.40.